The largest absolute Gasteiger partial charge is 0.467 e. The summed E-state index contributed by atoms with van der Waals surface area (Å²) in [7, 11) is 1.37. The molecule has 0 radical (unpaired) electrons. The quantitative estimate of drug-likeness (QED) is 0.655. The lowest BCUT2D eigenvalue weighted by Gasteiger charge is -2.24. The van der Waals surface area contributed by atoms with Crippen LogP contribution in [0.4, 0.5) is 5.69 Å². The number of carbonyl (C=O) groups excluding carboxylic acids is 1. The van der Waals surface area contributed by atoms with Crippen molar-refractivity contribution in [2.24, 2.45) is 0 Å². The summed E-state index contributed by atoms with van der Waals surface area (Å²) in [6.07, 6.45) is 3.93. The van der Waals surface area contributed by atoms with Gasteiger partial charge in [0, 0.05) is 10.7 Å². The van der Waals surface area contributed by atoms with Gasteiger partial charge in [-0.3, -0.25) is 0 Å². The molecular weight excluding hydrogens is 356 g/mol. The number of ether oxygens (including phenoxy) is 1. The standard InChI is InChI=1S/C19H17ClN2O2S/c1-24-18(23)17-16(12-7-13-5-3-2-4-6-13)22(19(25)21-17)15-10-8-14(20)9-11-15/h2-12,16-17H,1H3,(H,21,25)/b12-7+. The highest BCUT2D eigenvalue weighted by Crippen LogP contribution is 2.27. The molecule has 6 heteroatoms. The van der Waals surface area contributed by atoms with Crippen LogP contribution < -0.4 is 10.2 Å². The molecule has 1 saturated heterocycles. The van der Waals surface area contributed by atoms with Gasteiger partial charge in [-0.1, -0.05) is 54.1 Å². The Morgan fingerprint density at radius 3 is 2.52 bits per heavy atom. The van der Waals surface area contributed by atoms with E-state index in [1.165, 1.54) is 7.11 Å². The lowest BCUT2D eigenvalue weighted by molar-refractivity contribution is -0.142. The molecule has 1 aliphatic rings. The minimum Gasteiger partial charge on any atom is -0.467 e. The fourth-order valence-corrected chi connectivity index (χ4v) is 3.24. The van der Waals surface area contributed by atoms with E-state index in [0.29, 0.717) is 10.1 Å². The van der Waals surface area contributed by atoms with E-state index in [0.717, 1.165) is 11.3 Å². The summed E-state index contributed by atoms with van der Waals surface area (Å²) in [5.74, 6) is -0.360. The lowest BCUT2D eigenvalue weighted by Crippen LogP contribution is -2.41. The van der Waals surface area contributed by atoms with Crippen LogP contribution in [0.15, 0.2) is 60.7 Å². The van der Waals surface area contributed by atoms with Crippen LogP contribution >= 0.6 is 23.8 Å². The Morgan fingerprint density at radius 2 is 1.88 bits per heavy atom. The number of rotatable bonds is 4. The Hall–Kier alpha value is -2.37. The summed E-state index contributed by atoms with van der Waals surface area (Å²) >= 11 is 11.4. The van der Waals surface area contributed by atoms with Gasteiger partial charge in [0.1, 0.15) is 0 Å². The van der Waals surface area contributed by atoms with E-state index < -0.39 is 6.04 Å². The van der Waals surface area contributed by atoms with Crippen molar-refractivity contribution in [1.29, 1.82) is 0 Å². The minimum atomic E-state index is -0.576. The van der Waals surface area contributed by atoms with Gasteiger partial charge in [-0.15, -0.1) is 0 Å². The van der Waals surface area contributed by atoms with Crippen LogP contribution in [0, 0.1) is 0 Å². The summed E-state index contributed by atoms with van der Waals surface area (Å²) < 4.78 is 4.93. The van der Waals surface area contributed by atoms with E-state index in [2.05, 4.69) is 5.32 Å². The molecular formula is C19H17ClN2O2S. The molecule has 2 atom stereocenters. The zero-order chi connectivity index (χ0) is 17.8. The third-order valence-electron chi connectivity index (χ3n) is 3.98. The van der Waals surface area contributed by atoms with Gasteiger partial charge in [-0.2, -0.15) is 0 Å². The molecule has 25 heavy (non-hydrogen) atoms. The number of halogens is 1. The molecule has 2 aromatic carbocycles. The van der Waals surface area contributed by atoms with Crippen molar-refractivity contribution < 1.29 is 9.53 Å². The number of benzene rings is 2. The van der Waals surface area contributed by atoms with E-state index in [-0.39, 0.29) is 12.0 Å². The Labute approximate surface area is 157 Å². The molecule has 2 unspecified atom stereocenters. The van der Waals surface area contributed by atoms with Crippen molar-refractivity contribution in [3.63, 3.8) is 0 Å². The Bertz CT molecular complexity index is 793. The van der Waals surface area contributed by atoms with Gasteiger partial charge < -0.3 is 15.0 Å². The normalized spacial score (nSPS) is 19.9. The number of methoxy groups -OCH3 is 1. The maximum atomic E-state index is 12.2. The molecule has 4 nitrogen and oxygen atoms in total. The number of hydrogen-bond donors (Lipinski definition) is 1. The smallest absolute Gasteiger partial charge is 0.330 e. The zero-order valence-corrected chi connectivity index (χ0v) is 15.1. The maximum absolute atomic E-state index is 12.2. The van der Waals surface area contributed by atoms with Crippen molar-refractivity contribution in [1.82, 2.24) is 5.32 Å². The molecule has 0 aliphatic carbocycles. The molecule has 1 heterocycles. The minimum absolute atomic E-state index is 0.304. The summed E-state index contributed by atoms with van der Waals surface area (Å²) in [4.78, 5) is 14.1. The molecule has 128 valence electrons. The Kier molecular flexibility index (Phi) is 5.36. The van der Waals surface area contributed by atoms with Crippen LogP contribution in [0.25, 0.3) is 6.08 Å². The third-order valence-corrected chi connectivity index (χ3v) is 4.55. The molecule has 1 N–H and O–H groups in total. The monoisotopic (exact) mass is 372 g/mol. The number of nitrogens with zero attached hydrogens (tertiary/aromatic N) is 1. The molecule has 0 amide bonds. The molecule has 0 saturated carbocycles. The average Bonchev–Trinajstić information content (AvgIpc) is 2.97. The first-order valence-electron chi connectivity index (χ1n) is 7.76. The number of hydrogen-bond acceptors (Lipinski definition) is 3. The zero-order valence-electron chi connectivity index (χ0n) is 13.6. The second kappa shape index (κ2) is 7.68. The van der Waals surface area contributed by atoms with Crippen LogP contribution in [0.5, 0.6) is 0 Å². The van der Waals surface area contributed by atoms with E-state index in [4.69, 9.17) is 28.6 Å². The average molecular weight is 373 g/mol. The predicted molar refractivity (Wildman–Crippen MR) is 105 cm³/mol. The molecule has 1 fully saturated rings. The first-order valence-corrected chi connectivity index (χ1v) is 8.55. The van der Waals surface area contributed by atoms with Gasteiger partial charge in [0.2, 0.25) is 0 Å². The van der Waals surface area contributed by atoms with Crippen LogP contribution in [-0.4, -0.2) is 30.3 Å². The topological polar surface area (TPSA) is 41.6 Å². The Balaban J connectivity index is 1.96. The fourth-order valence-electron chi connectivity index (χ4n) is 2.76. The number of carbonyl (C=O) groups is 1. The lowest BCUT2D eigenvalue weighted by atomic mass is 10.1. The van der Waals surface area contributed by atoms with E-state index in [1.807, 2.05) is 59.5 Å². The van der Waals surface area contributed by atoms with Crippen molar-refractivity contribution in [3.8, 4) is 0 Å². The second-order valence-electron chi connectivity index (χ2n) is 5.56. The van der Waals surface area contributed by atoms with Crippen LogP contribution in [0.3, 0.4) is 0 Å². The van der Waals surface area contributed by atoms with Crippen LogP contribution in [0.2, 0.25) is 5.02 Å². The van der Waals surface area contributed by atoms with Gasteiger partial charge in [-0.25, -0.2) is 4.79 Å². The van der Waals surface area contributed by atoms with Gasteiger partial charge in [0.05, 0.1) is 13.2 Å². The molecule has 1 aliphatic heterocycles. The first kappa shape index (κ1) is 17.5. The number of anilines is 1. The fraction of sp³-hybridized carbons (Fsp3) is 0.158. The number of thiocarbonyl (C=S) groups is 1. The van der Waals surface area contributed by atoms with E-state index in [9.17, 15) is 4.79 Å². The first-order chi connectivity index (χ1) is 12.1. The number of esters is 1. The molecule has 3 rings (SSSR count). The third kappa shape index (κ3) is 3.83. The van der Waals surface area contributed by atoms with Crippen LogP contribution in [0.1, 0.15) is 5.56 Å². The van der Waals surface area contributed by atoms with Gasteiger partial charge in [-0.05, 0) is 42.0 Å². The highest BCUT2D eigenvalue weighted by molar-refractivity contribution is 7.80. The van der Waals surface area contributed by atoms with Crippen LogP contribution in [-0.2, 0) is 9.53 Å². The summed E-state index contributed by atoms with van der Waals surface area (Å²) in [6, 6.07) is 16.3. The van der Waals surface area contributed by atoms with Crippen molar-refractivity contribution in [2.75, 3.05) is 12.0 Å². The molecule has 0 bridgehead atoms. The maximum Gasteiger partial charge on any atom is 0.330 e. The second-order valence-corrected chi connectivity index (χ2v) is 6.38. The summed E-state index contributed by atoms with van der Waals surface area (Å²) in [6.45, 7) is 0. The highest BCUT2D eigenvalue weighted by atomic mass is 35.5. The van der Waals surface area contributed by atoms with Crippen molar-refractivity contribution in [2.45, 2.75) is 12.1 Å². The van der Waals surface area contributed by atoms with Crippen molar-refractivity contribution in [3.05, 3.63) is 71.3 Å². The van der Waals surface area contributed by atoms with E-state index >= 15 is 0 Å². The Morgan fingerprint density at radius 1 is 1.20 bits per heavy atom. The summed E-state index contributed by atoms with van der Waals surface area (Å²) in [5, 5.41) is 4.17. The van der Waals surface area contributed by atoms with Gasteiger partial charge >= 0.3 is 5.97 Å². The van der Waals surface area contributed by atoms with Gasteiger partial charge in [0.25, 0.3) is 0 Å². The summed E-state index contributed by atoms with van der Waals surface area (Å²) in [5.41, 5.74) is 1.90. The molecule has 0 spiro atoms. The van der Waals surface area contributed by atoms with Gasteiger partial charge in [0.15, 0.2) is 11.2 Å². The SMILES string of the molecule is COC(=O)C1NC(=S)N(c2ccc(Cl)cc2)C1/C=C/c1ccccc1. The predicted octanol–water partition coefficient (Wildman–Crippen LogP) is 3.66. The molecule has 0 aromatic heterocycles. The van der Waals surface area contributed by atoms with Crippen molar-refractivity contribution >= 4 is 46.7 Å². The number of nitrogens with one attached hydrogen (secondary N) is 1. The molecule has 2 aromatic rings. The van der Waals surface area contributed by atoms with E-state index in [1.54, 1.807) is 12.1 Å². The highest BCUT2D eigenvalue weighted by Gasteiger charge is 2.41.